The number of piperazine rings is 1. The second kappa shape index (κ2) is 5.22. The van der Waals surface area contributed by atoms with Crippen molar-refractivity contribution in [1.82, 2.24) is 15.1 Å². The van der Waals surface area contributed by atoms with Crippen LogP contribution in [0, 0.1) is 0 Å². The molecule has 0 aromatic heterocycles. The Hall–Kier alpha value is -0.160. The summed E-state index contributed by atoms with van der Waals surface area (Å²) in [5, 5.41) is 13.2. The lowest BCUT2D eigenvalue weighted by Gasteiger charge is -2.42. The standard InChI is InChI=1S/C13H27N3O/c1-11-8-16(7-6-15(11)3)9-13(2,10-17)14-12-4-5-12/h11-12,14,17H,4-10H2,1-3H3. The topological polar surface area (TPSA) is 38.7 Å². The quantitative estimate of drug-likeness (QED) is 0.717. The van der Waals surface area contributed by atoms with Crippen molar-refractivity contribution in [3.05, 3.63) is 0 Å². The molecule has 0 radical (unpaired) electrons. The number of aliphatic hydroxyl groups excluding tert-OH is 1. The zero-order valence-corrected chi connectivity index (χ0v) is 11.4. The van der Waals surface area contributed by atoms with E-state index in [2.05, 4.69) is 36.0 Å². The third-order valence-corrected chi connectivity index (χ3v) is 4.10. The fourth-order valence-electron chi connectivity index (χ4n) is 2.62. The molecule has 1 aliphatic heterocycles. The normalized spacial score (nSPS) is 31.4. The third kappa shape index (κ3) is 3.65. The smallest absolute Gasteiger partial charge is 0.0623 e. The molecule has 17 heavy (non-hydrogen) atoms. The SMILES string of the molecule is CC1CN(CC(C)(CO)NC2CC2)CCN1C. The second-order valence-corrected chi connectivity index (χ2v) is 6.20. The Bertz CT molecular complexity index is 257. The Morgan fingerprint density at radius 3 is 2.59 bits per heavy atom. The molecule has 0 aromatic rings. The molecule has 100 valence electrons. The van der Waals surface area contributed by atoms with Crippen LogP contribution in [0.4, 0.5) is 0 Å². The van der Waals surface area contributed by atoms with Crippen LogP contribution < -0.4 is 5.32 Å². The second-order valence-electron chi connectivity index (χ2n) is 6.20. The summed E-state index contributed by atoms with van der Waals surface area (Å²) in [6, 6.07) is 1.27. The van der Waals surface area contributed by atoms with E-state index < -0.39 is 0 Å². The molecule has 1 saturated carbocycles. The summed E-state index contributed by atoms with van der Waals surface area (Å²) in [6.45, 7) is 8.96. The molecule has 2 rings (SSSR count). The van der Waals surface area contributed by atoms with Crippen molar-refractivity contribution in [2.45, 2.75) is 44.3 Å². The van der Waals surface area contributed by atoms with Gasteiger partial charge in [-0.25, -0.2) is 0 Å². The van der Waals surface area contributed by atoms with E-state index in [9.17, 15) is 5.11 Å². The lowest BCUT2D eigenvalue weighted by atomic mass is 10.0. The van der Waals surface area contributed by atoms with Crippen LogP contribution in [0.25, 0.3) is 0 Å². The Balaban J connectivity index is 1.85. The lowest BCUT2D eigenvalue weighted by Crippen LogP contribution is -2.59. The zero-order valence-electron chi connectivity index (χ0n) is 11.4. The minimum Gasteiger partial charge on any atom is -0.394 e. The van der Waals surface area contributed by atoms with E-state index in [0.717, 1.165) is 26.2 Å². The number of aliphatic hydroxyl groups is 1. The van der Waals surface area contributed by atoms with Gasteiger partial charge >= 0.3 is 0 Å². The first kappa shape index (κ1) is 13.3. The number of nitrogens with one attached hydrogen (secondary N) is 1. The molecular weight excluding hydrogens is 214 g/mol. The molecule has 4 heteroatoms. The van der Waals surface area contributed by atoms with Crippen LogP contribution in [0.15, 0.2) is 0 Å². The fourth-order valence-corrected chi connectivity index (χ4v) is 2.62. The van der Waals surface area contributed by atoms with Crippen LogP contribution in [-0.2, 0) is 0 Å². The van der Waals surface area contributed by atoms with Crippen LogP contribution in [0.2, 0.25) is 0 Å². The Morgan fingerprint density at radius 1 is 1.35 bits per heavy atom. The van der Waals surface area contributed by atoms with Gasteiger partial charge in [0.25, 0.3) is 0 Å². The van der Waals surface area contributed by atoms with E-state index in [-0.39, 0.29) is 12.1 Å². The molecular formula is C13H27N3O. The van der Waals surface area contributed by atoms with Gasteiger partial charge in [-0.3, -0.25) is 4.90 Å². The van der Waals surface area contributed by atoms with E-state index in [0.29, 0.717) is 12.1 Å². The van der Waals surface area contributed by atoms with E-state index >= 15 is 0 Å². The van der Waals surface area contributed by atoms with E-state index in [1.807, 2.05) is 0 Å². The van der Waals surface area contributed by atoms with Gasteiger partial charge in [0.1, 0.15) is 0 Å². The van der Waals surface area contributed by atoms with Crippen molar-refractivity contribution in [1.29, 1.82) is 0 Å². The van der Waals surface area contributed by atoms with Gasteiger partial charge < -0.3 is 15.3 Å². The van der Waals surface area contributed by atoms with Gasteiger partial charge in [0, 0.05) is 38.3 Å². The zero-order chi connectivity index (χ0) is 12.5. The largest absolute Gasteiger partial charge is 0.394 e. The highest BCUT2D eigenvalue weighted by atomic mass is 16.3. The summed E-state index contributed by atoms with van der Waals surface area (Å²) in [6.07, 6.45) is 2.55. The van der Waals surface area contributed by atoms with Gasteiger partial charge in [-0.1, -0.05) is 0 Å². The van der Waals surface area contributed by atoms with E-state index in [4.69, 9.17) is 0 Å². The van der Waals surface area contributed by atoms with Gasteiger partial charge in [-0.15, -0.1) is 0 Å². The average molecular weight is 241 g/mol. The Morgan fingerprint density at radius 2 is 2.06 bits per heavy atom. The Kier molecular flexibility index (Phi) is 4.08. The maximum Gasteiger partial charge on any atom is 0.0623 e. The first-order chi connectivity index (χ1) is 8.02. The summed E-state index contributed by atoms with van der Waals surface area (Å²) >= 11 is 0. The van der Waals surface area contributed by atoms with Crippen molar-refractivity contribution in [2.75, 3.05) is 39.8 Å². The van der Waals surface area contributed by atoms with Crippen LogP contribution in [0.5, 0.6) is 0 Å². The molecule has 2 unspecified atom stereocenters. The summed E-state index contributed by atoms with van der Waals surface area (Å²) in [4.78, 5) is 4.89. The highest BCUT2D eigenvalue weighted by molar-refractivity contribution is 4.95. The molecule has 2 N–H and O–H groups in total. The van der Waals surface area contributed by atoms with Crippen molar-refractivity contribution >= 4 is 0 Å². The average Bonchev–Trinajstić information content (AvgIpc) is 3.07. The number of rotatable bonds is 5. The molecule has 1 saturated heterocycles. The highest BCUT2D eigenvalue weighted by Gasteiger charge is 2.34. The summed E-state index contributed by atoms with van der Waals surface area (Å²) < 4.78 is 0. The fraction of sp³-hybridized carbons (Fsp3) is 1.00. The summed E-state index contributed by atoms with van der Waals surface area (Å²) in [5.41, 5.74) is -0.128. The molecule has 1 heterocycles. The molecule has 0 bridgehead atoms. The van der Waals surface area contributed by atoms with Crippen LogP contribution in [0.3, 0.4) is 0 Å². The minimum absolute atomic E-state index is 0.128. The van der Waals surface area contributed by atoms with E-state index in [1.165, 1.54) is 12.8 Å². The molecule has 0 spiro atoms. The number of likely N-dealkylation sites (N-methyl/N-ethyl adjacent to an activating group) is 1. The van der Waals surface area contributed by atoms with Crippen molar-refractivity contribution in [2.24, 2.45) is 0 Å². The van der Waals surface area contributed by atoms with Gasteiger partial charge in [-0.05, 0) is 33.7 Å². The predicted octanol–water partition coefficient (Wildman–Crippen LogP) is 0.125. The van der Waals surface area contributed by atoms with Crippen molar-refractivity contribution < 1.29 is 5.11 Å². The van der Waals surface area contributed by atoms with Crippen LogP contribution >= 0.6 is 0 Å². The van der Waals surface area contributed by atoms with E-state index in [1.54, 1.807) is 0 Å². The molecule has 0 amide bonds. The maximum absolute atomic E-state index is 9.61. The molecule has 0 aromatic carbocycles. The van der Waals surface area contributed by atoms with Crippen molar-refractivity contribution in [3.63, 3.8) is 0 Å². The summed E-state index contributed by atoms with van der Waals surface area (Å²) in [5.74, 6) is 0. The predicted molar refractivity (Wildman–Crippen MR) is 70.2 cm³/mol. The first-order valence-electron chi connectivity index (χ1n) is 6.83. The number of nitrogens with zero attached hydrogens (tertiary/aromatic N) is 2. The third-order valence-electron chi connectivity index (χ3n) is 4.10. The Labute approximate surface area is 105 Å². The highest BCUT2D eigenvalue weighted by Crippen LogP contribution is 2.23. The molecule has 2 aliphatic rings. The minimum atomic E-state index is -0.128. The monoisotopic (exact) mass is 241 g/mol. The lowest BCUT2D eigenvalue weighted by molar-refractivity contribution is 0.0614. The summed E-state index contributed by atoms with van der Waals surface area (Å²) in [7, 11) is 2.19. The number of hydrogen-bond acceptors (Lipinski definition) is 4. The van der Waals surface area contributed by atoms with Gasteiger partial charge in [0.15, 0.2) is 0 Å². The van der Waals surface area contributed by atoms with Crippen LogP contribution in [-0.4, -0.2) is 72.4 Å². The van der Waals surface area contributed by atoms with Gasteiger partial charge in [0.2, 0.25) is 0 Å². The molecule has 2 atom stereocenters. The molecule has 1 aliphatic carbocycles. The van der Waals surface area contributed by atoms with Crippen molar-refractivity contribution in [3.8, 4) is 0 Å². The van der Waals surface area contributed by atoms with Gasteiger partial charge in [0.05, 0.1) is 12.1 Å². The first-order valence-corrected chi connectivity index (χ1v) is 6.83. The molecule has 4 nitrogen and oxygen atoms in total. The van der Waals surface area contributed by atoms with Crippen LogP contribution in [0.1, 0.15) is 26.7 Å². The number of hydrogen-bond donors (Lipinski definition) is 2. The maximum atomic E-state index is 9.61. The molecule has 2 fully saturated rings. The van der Waals surface area contributed by atoms with Gasteiger partial charge in [-0.2, -0.15) is 0 Å².